The fourth-order valence-electron chi connectivity index (χ4n) is 1.17. The van der Waals surface area contributed by atoms with Crippen LogP contribution in [0.25, 0.3) is 0 Å². The Bertz CT molecular complexity index is 325. The standard InChI is InChI=1S/C9H14BrN3OS/c1-3-13(4-2)8(14)5-11-9-12-7(10)6-15-9/h6H,3-5H2,1-2H3,(H,11,12). The van der Waals surface area contributed by atoms with Gasteiger partial charge in [-0.3, -0.25) is 4.79 Å². The lowest BCUT2D eigenvalue weighted by molar-refractivity contribution is -0.128. The zero-order valence-electron chi connectivity index (χ0n) is 8.79. The van der Waals surface area contributed by atoms with Crippen molar-refractivity contribution in [1.82, 2.24) is 9.88 Å². The van der Waals surface area contributed by atoms with Crippen molar-refractivity contribution < 1.29 is 4.79 Å². The van der Waals surface area contributed by atoms with Gasteiger partial charge in [0.15, 0.2) is 5.13 Å². The molecule has 15 heavy (non-hydrogen) atoms. The maximum atomic E-state index is 11.6. The van der Waals surface area contributed by atoms with E-state index in [0.717, 1.165) is 22.8 Å². The second-order valence-corrected chi connectivity index (χ2v) is 4.57. The van der Waals surface area contributed by atoms with Crippen molar-refractivity contribution in [3.63, 3.8) is 0 Å². The number of nitrogens with zero attached hydrogens (tertiary/aromatic N) is 2. The van der Waals surface area contributed by atoms with E-state index in [0.29, 0.717) is 6.54 Å². The zero-order chi connectivity index (χ0) is 11.3. The molecule has 0 saturated heterocycles. The third-order valence-corrected chi connectivity index (χ3v) is 3.49. The molecule has 0 aliphatic rings. The van der Waals surface area contributed by atoms with Crippen LogP contribution in [0.3, 0.4) is 0 Å². The maximum Gasteiger partial charge on any atom is 0.241 e. The summed E-state index contributed by atoms with van der Waals surface area (Å²) in [7, 11) is 0. The quantitative estimate of drug-likeness (QED) is 0.905. The fourth-order valence-corrected chi connectivity index (χ4v) is 2.32. The van der Waals surface area contributed by atoms with Crippen LogP contribution >= 0.6 is 27.3 Å². The van der Waals surface area contributed by atoms with Crippen molar-refractivity contribution in [3.05, 3.63) is 9.98 Å². The van der Waals surface area contributed by atoms with E-state index in [1.165, 1.54) is 11.3 Å². The molecule has 0 fully saturated rings. The molecule has 0 bridgehead atoms. The molecule has 0 atom stereocenters. The van der Waals surface area contributed by atoms with E-state index in [2.05, 4.69) is 26.2 Å². The molecule has 1 aromatic heterocycles. The number of hydrogen-bond acceptors (Lipinski definition) is 4. The molecule has 1 aromatic rings. The Kier molecular flexibility index (Phi) is 5.04. The highest BCUT2D eigenvalue weighted by Crippen LogP contribution is 2.18. The van der Waals surface area contributed by atoms with Crippen LogP contribution in [0.15, 0.2) is 9.98 Å². The van der Waals surface area contributed by atoms with Gasteiger partial charge in [-0.05, 0) is 29.8 Å². The number of aromatic nitrogens is 1. The number of amides is 1. The molecule has 1 N–H and O–H groups in total. The second-order valence-electron chi connectivity index (χ2n) is 2.89. The highest BCUT2D eigenvalue weighted by Gasteiger charge is 2.09. The predicted octanol–water partition coefficient (Wildman–Crippen LogP) is 2.19. The van der Waals surface area contributed by atoms with Gasteiger partial charge in [0.1, 0.15) is 4.60 Å². The topological polar surface area (TPSA) is 45.2 Å². The van der Waals surface area contributed by atoms with Gasteiger partial charge in [0.25, 0.3) is 0 Å². The van der Waals surface area contributed by atoms with Gasteiger partial charge >= 0.3 is 0 Å². The molecule has 0 aliphatic heterocycles. The largest absolute Gasteiger partial charge is 0.352 e. The summed E-state index contributed by atoms with van der Waals surface area (Å²) in [6.45, 7) is 5.75. The molecule has 1 heterocycles. The second kappa shape index (κ2) is 6.07. The third-order valence-electron chi connectivity index (χ3n) is 1.98. The van der Waals surface area contributed by atoms with Gasteiger partial charge in [0.2, 0.25) is 5.91 Å². The summed E-state index contributed by atoms with van der Waals surface area (Å²) >= 11 is 4.74. The van der Waals surface area contributed by atoms with Crippen molar-refractivity contribution in [3.8, 4) is 0 Å². The Hall–Kier alpha value is -0.620. The Morgan fingerprint density at radius 2 is 2.27 bits per heavy atom. The summed E-state index contributed by atoms with van der Waals surface area (Å²) in [5.41, 5.74) is 0. The lowest BCUT2D eigenvalue weighted by atomic mass is 10.4. The van der Waals surface area contributed by atoms with Crippen LogP contribution in [0.1, 0.15) is 13.8 Å². The minimum Gasteiger partial charge on any atom is -0.352 e. The fraction of sp³-hybridized carbons (Fsp3) is 0.556. The maximum absolute atomic E-state index is 11.6. The normalized spacial score (nSPS) is 10.1. The van der Waals surface area contributed by atoms with Gasteiger partial charge in [0.05, 0.1) is 6.54 Å². The van der Waals surface area contributed by atoms with Gasteiger partial charge in [-0.25, -0.2) is 4.98 Å². The zero-order valence-corrected chi connectivity index (χ0v) is 11.2. The number of hydrogen-bond donors (Lipinski definition) is 1. The lowest BCUT2D eigenvalue weighted by Crippen LogP contribution is -2.35. The van der Waals surface area contributed by atoms with Crippen molar-refractivity contribution in [2.45, 2.75) is 13.8 Å². The number of rotatable bonds is 5. The van der Waals surface area contributed by atoms with E-state index in [9.17, 15) is 4.79 Å². The smallest absolute Gasteiger partial charge is 0.241 e. The van der Waals surface area contributed by atoms with Gasteiger partial charge in [-0.2, -0.15) is 0 Å². The van der Waals surface area contributed by atoms with E-state index >= 15 is 0 Å². The van der Waals surface area contributed by atoms with Gasteiger partial charge < -0.3 is 10.2 Å². The molecule has 0 radical (unpaired) electrons. The van der Waals surface area contributed by atoms with E-state index in [1.54, 1.807) is 4.90 Å². The van der Waals surface area contributed by atoms with E-state index in [1.807, 2.05) is 19.2 Å². The van der Waals surface area contributed by atoms with Crippen LogP contribution in [0.4, 0.5) is 5.13 Å². The number of anilines is 1. The predicted molar refractivity (Wildman–Crippen MR) is 66.2 cm³/mol. The highest BCUT2D eigenvalue weighted by atomic mass is 79.9. The lowest BCUT2D eigenvalue weighted by Gasteiger charge is -2.18. The van der Waals surface area contributed by atoms with Crippen LogP contribution in [0.5, 0.6) is 0 Å². The van der Waals surface area contributed by atoms with Gasteiger partial charge in [0, 0.05) is 18.5 Å². The Morgan fingerprint density at radius 1 is 1.60 bits per heavy atom. The molecule has 0 saturated carbocycles. The summed E-state index contributed by atoms with van der Waals surface area (Å²) in [6.07, 6.45) is 0. The van der Waals surface area contributed by atoms with Crippen LogP contribution in [-0.2, 0) is 4.79 Å². The Labute approximate surface area is 102 Å². The molecule has 1 rings (SSSR count). The summed E-state index contributed by atoms with van der Waals surface area (Å²) < 4.78 is 0.797. The summed E-state index contributed by atoms with van der Waals surface area (Å²) in [5.74, 6) is 0.103. The highest BCUT2D eigenvalue weighted by molar-refractivity contribution is 9.10. The average molecular weight is 292 g/mol. The first-order valence-electron chi connectivity index (χ1n) is 4.80. The molecule has 1 amide bonds. The number of thiazole rings is 1. The molecular formula is C9H14BrN3OS. The number of nitrogens with one attached hydrogen (secondary N) is 1. The number of carbonyl (C=O) groups is 1. The first-order valence-corrected chi connectivity index (χ1v) is 6.47. The molecule has 6 heteroatoms. The van der Waals surface area contributed by atoms with E-state index in [-0.39, 0.29) is 5.91 Å². The first-order chi connectivity index (χ1) is 7.17. The molecule has 4 nitrogen and oxygen atoms in total. The minimum atomic E-state index is 0.103. The van der Waals surface area contributed by atoms with Crippen molar-refractivity contribution >= 4 is 38.3 Å². The molecule has 0 unspecified atom stereocenters. The Balaban J connectivity index is 2.40. The molecular weight excluding hydrogens is 278 g/mol. The first kappa shape index (κ1) is 12.4. The molecule has 0 aliphatic carbocycles. The average Bonchev–Trinajstić information content (AvgIpc) is 2.63. The van der Waals surface area contributed by atoms with Gasteiger partial charge in [-0.1, -0.05) is 0 Å². The summed E-state index contributed by atoms with van der Waals surface area (Å²) in [4.78, 5) is 17.5. The van der Waals surface area contributed by atoms with Crippen LogP contribution in [0.2, 0.25) is 0 Å². The van der Waals surface area contributed by atoms with E-state index in [4.69, 9.17) is 0 Å². The van der Waals surface area contributed by atoms with Crippen LogP contribution < -0.4 is 5.32 Å². The number of halogens is 1. The van der Waals surface area contributed by atoms with Crippen LogP contribution in [-0.4, -0.2) is 35.4 Å². The van der Waals surface area contributed by atoms with Crippen molar-refractivity contribution in [1.29, 1.82) is 0 Å². The number of carbonyl (C=O) groups excluding carboxylic acids is 1. The minimum absolute atomic E-state index is 0.103. The van der Waals surface area contributed by atoms with E-state index < -0.39 is 0 Å². The van der Waals surface area contributed by atoms with Crippen molar-refractivity contribution in [2.24, 2.45) is 0 Å². The third kappa shape index (κ3) is 3.79. The summed E-state index contributed by atoms with van der Waals surface area (Å²) in [5, 5.41) is 5.65. The molecule has 0 spiro atoms. The van der Waals surface area contributed by atoms with Crippen molar-refractivity contribution in [2.75, 3.05) is 25.0 Å². The monoisotopic (exact) mass is 291 g/mol. The van der Waals surface area contributed by atoms with Crippen LogP contribution in [0, 0.1) is 0 Å². The SMILES string of the molecule is CCN(CC)C(=O)CNc1nc(Br)cs1. The molecule has 0 aromatic carbocycles. The number of likely N-dealkylation sites (N-methyl/N-ethyl adjacent to an activating group) is 1. The summed E-state index contributed by atoms with van der Waals surface area (Å²) in [6, 6.07) is 0. The Morgan fingerprint density at radius 3 is 2.73 bits per heavy atom. The van der Waals surface area contributed by atoms with Gasteiger partial charge in [-0.15, -0.1) is 11.3 Å². The molecule has 84 valence electrons.